The molecule has 1 heterocycles. The number of thioether (sulfide) groups is 1. The number of halogens is 2. The first-order valence-electron chi connectivity index (χ1n) is 8.61. The van der Waals surface area contributed by atoms with Gasteiger partial charge in [-0.1, -0.05) is 21.1 Å². The van der Waals surface area contributed by atoms with Gasteiger partial charge in [-0.15, -0.1) is 35.7 Å². The zero-order valence-corrected chi connectivity index (χ0v) is 21.2. The van der Waals surface area contributed by atoms with E-state index in [1.807, 2.05) is 25.6 Å². The number of aryl methyl sites for hydroxylation is 2. The van der Waals surface area contributed by atoms with E-state index in [4.69, 9.17) is 4.52 Å². The summed E-state index contributed by atoms with van der Waals surface area (Å²) < 4.78 is 6.34. The molecule has 1 aromatic carbocycles. The van der Waals surface area contributed by atoms with Crippen molar-refractivity contribution >= 4 is 57.6 Å². The van der Waals surface area contributed by atoms with Gasteiger partial charge in [0.1, 0.15) is 5.76 Å². The number of hydrogen-bond acceptors (Lipinski definition) is 4. The largest absolute Gasteiger partial charge is 0.361 e. The molecule has 2 rings (SSSR count). The second kappa shape index (κ2) is 11.3. The first-order chi connectivity index (χ1) is 12.3. The summed E-state index contributed by atoms with van der Waals surface area (Å²) in [6, 6.07) is 8.41. The Morgan fingerprint density at radius 2 is 1.89 bits per heavy atom. The van der Waals surface area contributed by atoms with Crippen LogP contribution in [0.4, 0.5) is 0 Å². The van der Waals surface area contributed by atoms with Crippen LogP contribution in [-0.4, -0.2) is 36.0 Å². The lowest BCUT2D eigenvalue weighted by molar-refractivity contribution is 0.392. The lowest BCUT2D eigenvalue weighted by Crippen LogP contribution is -2.43. The van der Waals surface area contributed by atoms with E-state index in [9.17, 15) is 0 Å². The van der Waals surface area contributed by atoms with Gasteiger partial charge in [-0.3, -0.25) is 4.99 Å². The zero-order chi connectivity index (χ0) is 19.2. The van der Waals surface area contributed by atoms with E-state index in [0.29, 0.717) is 0 Å². The standard InChI is InChI=1S/C19H27BrN4OS.HI/c1-13-17(14(2)25-24-13)10-11-22-18(21-5)23-12-19(3,4)26-16-8-6-15(20)7-9-16;/h6-9H,10-12H2,1-5H3,(H2,21,22,23);1H. The van der Waals surface area contributed by atoms with Crippen molar-refractivity contribution in [2.75, 3.05) is 20.1 Å². The minimum absolute atomic E-state index is 0. The fraction of sp³-hybridized carbons (Fsp3) is 0.474. The van der Waals surface area contributed by atoms with Crippen molar-refractivity contribution in [3.05, 3.63) is 45.8 Å². The highest BCUT2D eigenvalue weighted by Gasteiger charge is 2.20. The van der Waals surface area contributed by atoms with Crippen molar-refractivity contribution in [3.63, 3.8) is 0 Å². The molecule has 150 valence electrons. The Hall–Kier alpha value is -0.740. The molecule has 2 aromatic rings. The number of benzene rings is 1. The zero-order valence-electron chi connectivity index (χ0n) is 16.4. The number of guanidine groups is 1. The van der Waals surface area contributed by atoms with Crippen LogP contribution in [0.5, 0.6) is 0 Å². The summed E-state index contributed by atoms with van der Waals surface area (Å²) in [7, 11) is 1.79. The summed E-state index contributed by atoms with van der Waals surface area (Å²) in [5.41, 5.74) is 2.12. The Bertz CT molecular complexity index is 727. The quantitative estimate of drug-likeness (QED) is 0.215. The normalized spacial score (nSPS) is 11.9. The van der Waals surface area contributed by atoms with E-state index in [1.165, 1.54) is 10.5 Å². The highest BCUT2D eigenvalue weighted by Crippen LogP contribution is 2.32. The van der Waals surface area contributed by atoms with Crippen molar-refractivity contribution in [3.8, 4) is 0 Å². The average Bonchev–Trinajstić information content (AvgIpc) is 2.91. The van der Waals surface area contributed by atoms with Gasteiger partial charge in [-0.25, -0.2) is 0 Å². The molecule has 0 unspecified atom stereocenters. The third-order valence-electron chi connectivity index (χ3n) is 3.96. The summed E-state index contributed by atoms with van der Waals surface area (Å²) in [4.78, 5) is 5.56. The maximum absolute atomic E-state index is 5.21. The van der Waals surface area contributed by atoms with Gasteiger partial charge in [-0.2, -0.15) is 0 Å². The maximum atomic E-state index is 5.21. The Morgan fingerprint density at radius 1 is 1.22 bits per heavy atom. The Balaban J connectivity index is 0.00000364. The fourth-order valence-corrected chi connectivity index (χ4v) is 3.86. The summed E-state index contributed by atoms with van der Waals surface area (Å²) in [5, 5.41) is 10.8. The predicted molar refractivity (Wildman–Crippen MR) is 129 cm³/mol. The van der Waals surface area contributed by atoms with Crippen molar-refractivity contribution in [2.24, 2.45) is 4.99 Å². The van der Waals surface area contributed by atoms with Gasteiger partial charge in [0.2, 0.25) is 0 Å². The molecule has 0 aliphatic carbocycles. The second-order valence-electron chi connectivity index (χ2n) is 6.72. The summed E-state index contributed by atoms with van der Waals surface area (Å²) in [5.74, 6) is 1.69. The molecule has 0 amide bonds. The monoisotopic (exact) mass is 566 g/mol. The van der Waals surface area contributed by atoms with Gasteiger partial charge in [0.25, 0.3) is 0 Å². The predicted octanol–water partition coefficient (Wildman–Crippen LogP) is 4.95. The van der Waals surface area contributed by atoms with Gasteiger partial charge in [0.15, 0.2) is 5.96 Å². The Kier molecular flexibility index (Phi) is 10.2. The van der Waals surface area contributed by atoms with E-state index in [1.54, 1.807) is 7.05 Å². The molecule has 0 aliphatic rings. The van der Waals surface area contributed by atoms with E-state index in [0.717, 1.165) is 41.4 Å². The molecule has 0 spiro atoms. The smallest absolute Gasteiger partial charge is 0.191 e. The molecule has 0 aliphatic heterocycles. The fourth-order valence-electron chi connectivity index (χ4n) is 2.54. The number of aliphatic imine (C=N–C) groups is 1. The SMILES string of the molecule is CN=C(NCCc1c(C)noc1C)NCC(C)(C)Sc1ccc(Br)cc1.I. The van der Waals surface area contributed by atoms with Crippen LogP contribution in [0.1, 0.15) is 30.9 Å². The molecule has 0 saturated carbocycles. The van der Waals surface area contributed by atoms with Crippen LogP contribution in [0, 0.1) is 13.8 Å². The number of nitrogens with one attached hydrogen (secondary N) is 2. The van der Waals surface area contributed by atoms with E-state index in [-0.39, 0.29) is 28.7 Å². The van der Waals surface area contributed by atoms with E-state index < -0.39 is 0 Å². The van der Waals surface area contributed by atoms with E-state index >= 15 is 0 Å². The second-order valence-corrected chi connectivity index (χ2v) is 9.42. The lowest BCUT2D eigenvalue weighted by Gasteiger charge is -2.25. The Morgan fingerprint density at radius 3 is 2.44 bits per heavy atom. The molecular weight excluding hydrogens is 539 g/mol. The number of rotatable bonds is 7. The topological polar surface area (TPSA) is 62.5 Å². The third kappa shape index (κ3) is 8.03. The number of nitrogens with zero attached hydrogens (tertiary/aromatic N) is 2. The lowest BCUT2D eigenvalue weighted by atomic mass is 10.1. The third-order valence-corrected chi connectivity index (χ3v) is 5.70. The first kappa shape index (κ1) is 24.3. The maximum Gasteiger partial charge on any atom is 0.191 e. The van der Waals surface area contributed by atoms with Crippen LogP contribution >= 0.6 is 51.7 Å². The molecule has 0 saturated heterocycles. The van der Waals surface area contributed by atoms with Gasteiger partial charge >= 0.3 is 0 Å². The van der Waals surface area contributed by atoms with Crippen LogP contribution < -0.4 is 10.6 Å². The molecule has 0 atom stereocenters. The van der Waals surface area contributed by atoms with Gasteiger partial charge in [-0.05, 0) is 58.4 Å². The van der Waals surface area contributed by atoms with Crippen molar-refractivity contribution in [2.45, 2.75) is 43.8 Å². The summed E-state index contributed by atoms with van der Waals surface area (Å²) >= 11 is 5.32. The molecule has 5 nitrogen and oxygen atoms in total. The summed E-state index contributed by atoms with van der Waals surface area (Å²) in [6.45, 7) is 9.96. The molecule has 0 radical (unpaired) electrons. The average molecular weight is 567 g/mol. The van der Waals surface area contributed by atoms with Crippen LogP contribution in [0.3, 0.4) is 0 Å². The van der Waals surface area contributed by atoms with Crippen molar-refractivity contribution in [1.82, 2.24) is 15.8 Å². The van der Waals surface area contributed by atoms with Gasteiger partial charge in [0.05, 0.1) is 5.69 Å². The van der Waals surface area contributed by atoms with Crippen LogP contribution in [0.25, 0.3) is 0 Å². The van der Waals surface area contributed by atoms with Crippen LogP contribution in [-0.2, 0) is 6.42 Å². The van der Waals surface area contributed by atoms with Gasteiger partial charge in [0, 0.05) is 39.8 Å². The highest BCUT2D eigenvalue weighted by atomic mass is 127. The molecular formula is C19H28BrIN4OS. The first-order valence-corrected chi connectivity index (χ1v) is 10.2. The van der Waals surface area contributed by atoms with E-state index in [2.05, 4.69) is 74.8 Å². The minimum atomic E-state index is 0. The molecule has 8 heteroatoms. The number of hydrogen-bond donors (Lipinski definition) is 2. The van der Waals surface area contributed by atoms with Crippen molar-refractivity contribution in [1.29, 1.82) is 0 Å². The van der Waals surface area contributed by atoms with Crippen LogP contribution in [0.15, 0.2) is 43.1 Å². The van der Waals surface area contributed by atoms with Gasteiger partial charge < -0.3 is 15.2 Å². The molecule has 2 N–H and O–H groups in total. The Labute approximate surface area is 191 Å². The van der Waals surface area contributed by atoms with Crippen LogP contribution in [0.2, 0.25) is 0 Å². The van der Waals surface area contributed by atoms with Crippen molar-refractivity contribution < 1.29 is 4.52 Å². The summed E-state index contributed by atoms with van der Waals surface area (Å²) in [6.07, 6.45) is 0.860. The number of aromatic nitrogens is 1. The minimum Gasteiger partial charge on any atom is -0.361 e. The highest BCUT2D eigenvalue weighted by molar-refractivity contribution is 14.0. The molecule has 1 aromatic heterocycles. The molecule has 27 heavy (non-hydrogen) atoms. The molecule has 0 fully saturated rings. The molecule has 0 bridgehead atoms.